The lowest BCUT2D eigenvalue weighted by Crippen LogP contribution is -2.21. The van der Waals surface area contributed by atoms with Crippen molar-refractivity contribution >= 4 is 11.8 Å². The zero-order valence-electron chi connectivity index (χ0n) is 11.4. The van der Waals surface area contributed by atoms with Crippen LogP contribution in [0, 0.1) is 6.92 Å². The van der Waals surface area contributed by atoms with Crippen LogP contribution in [0.1, 0.15) is 11.1 Å². The molecular formula is C14H19N3O2. The first kappa shape index (κ1) is 14.8. The monoisotopic (exact) mass is 261 g/mol. The Morgan fingerprint density at radius 3 is 2.84 bits per heavy atom. The molecule has 0 saturated heterocycles. The SMILES string of the molecule is CN/C(=C\C(N)=NCc1cccc(C)c1)C(=O)OC. The summed E-state index contributed by atoms with van der Waals surface area (Å²) in [5.74, 6) is -0.201. The molecule has 0 aliphatic carbocycles. The molecular weight excluding hydrogens is 242 g/mol. The van der Waals surface area contributed by atoms with E-state index in [9.17, 15) is 4.79 Å². The number of nitrogens with two attached hydrogens (primary N) is 1. The molecule has 1 rings (SSSR count). The first-order valence-corrected chi connectivity index (χ1v) is 5.90. The molecule has 0 heterocycles. The number of nitrogens with one attached hydrogen (secondary N) is 1. The normalized spacial score (nSPS) is 12.2. The number of nitrogens with zero attached hydrogens (tertiary/aromatic N) is 1. The molecule has 0 aliphatic rings. The van der Waals surface area contributed by atoms with Crippen molar-refractivity contribution in [3.05, 3.63) is 47.2 Å². The molecule has 0 saturated carbocycles. The van der Waals surface area contributed by atoms with Gasteiger partial charge >= 0.3 is 5.97 Å². The van der Waals surface area contributed by atoms with E-state index in [1.165, 1.54) is 18.7 Å². The summed E-state index contributed by atoms with van der Waals surface area (Å²) in [4.78, 5) is 15.5. The van der Waals surface area contributed by atoms with E-state index >= 15 is 0 Å². The summed E-state index contributed by atoms with van der Waals surface area (Å²) in [5.41, 5.74) is 8.27. The molecule has 0 radical (unpaired) electrons. The highest BCUT2D eigenvalue weighted by molar-refractivity contribution is 5.99. The summed E-state index contributed by atoms with van der Waals surface area (Å²) in [5, 5.41) is 2.72. The van der Waals surface area contributed by atoms with Crippen LogP contribution in [-0.2, 0) is 16.1 Å². The van der Waals surface area contributed by atoms with Crippen LogP contribution >= 0.6 is 0 Å². The molecule has 0 bridgehead atoms. The van der Waals surface area contributed by atoms with Gasteiger partial charge in [-0.1, -0.05) is 29.8 Å². The highest BCUT2D eigenvalue weighted by atomic mass is 16.5. The van der Waals surface area contributed by atoms with Gasteiger partial charge < -0.3 is 15.8 Å². The highest BCUT2D eigenvalue weighted by Crippen LogP contribution is 2.05. The van der Waals surface area contributed by atoms with Crippen LogP contribution in [0.25, 0.3) is 0 Å². The minimum Gasteiger partial charge on any atom is -0.464 e. The molecule has 0 aliphatic heterocycles. The molecule has 5 heteroatoms. The highest BCUT2D eigenvalue weighted by Gasteiger charge is 2.07. The number of likely N-dealkylation sites (N-methyl/N-ethyl adjacent to an activating group) is 1. The smallest absolute Gasteiger partial charge is 0.354 e. The van der Waals surface area contributed by atoms with Gasteiger partial charge in [0, 0.05) is 13.1 Å². The number of rotatable bonds is 5. The van der Waals surface area contributed by atoms with Crippen molar-refractivity contribution in [2.45, 2.75) is 13.5 Å². The number of methoxy groups -OCH3 is 1. The van der Waals surface area contributed by atoms with E-state index in [1.54, 1.807) is 7.05 Å². The maximum Gasteiger partial charge on any atom is 0.354 e. The summed E-state index contributed by atoms with van der Waals surface area (Å²) < 4.78 is 4.60. The Morgan fingerprint density at radius 1 is 1.53 bits per heavy atom. The Labute approximate surface area is 113 Å². The number of carbonyl (C=O) groups excluding carboxylic acids is 1. The van der Waals surface area contributed by atoms with Gasteiger partial charge in [0.25, 0.3) is 0 Å². The summed E-state index contributed by atoms with van der Waals surface area (Å²) in [6.45, 7) is 2.50. The third-order valence-electron chi connectivity index (χ3n) is 2.49. The molecule has 1 aromatic rings. The van der Waals surface area contributed by atoms with Crippen LogP contribution in [0.4, 0.5) is 0 Å². The Bertz CT molecular complexity index is 507. The summed E-state index contributed by atoms with van der Waals surface area (Å²) in [6, 6.07) is 8.01. The maximum atomic E-state index is 11.3. The van der Waals surface area contributed by atoms with E-state index in [0.29, 0.717) is 6.54 Å². The Hall–Kier alpha value is -2.30. The van der Waals surface area contributed by atoms with Crippen molar-refractivity contribution in [2.75, 3.05) is 14.2 Å². The van der Waals surface area contributed by atoms with Crippen molar-refractivity contribution in [3.8, 4) is 0 Å². The molecule has 5 nitrogen and oxygen atoms in total. The van der Waals surface area contributed by atoms with Crippen LogP contribution in [0.5, 0.6) is 0 Å². The average Bonchev–Trinajstić information content (AvgIpc) is 2.41. The number of aliphatic imine (C=N–C) groups is 1. The zero-order valence-corrected chi connectivity index (χ0v) is 11.4. The Balaban J connectivity index is 2.76. The van der Waals surface area contributed by atoms with Crippen molar-refractivity contribution in [1.29, 1.82) is 0 Å². The zero-order chi connectivity index (χ0) is 14.3. The second-order valence-electron chi connectivity index (χ2n) is 4.03. The van der Waals surface area contributed by atoms with Gasteiger partial charge in [0.2, 0.25) is 0 Å². The molecule has 1 aromatic carbocycles. The molecule has 0 spiro atoms. The fraction of sp³-hybridized carbons (Fsp3) is 0.286. The largest absolute Gasteiger partial charge is 0.464 e. The molecule has 19 heavy (non-hydrogen) atoms. The predicted octanol–water partition coefficient (Wildman–Crippen LogP) is 1.13. The van der Waals surface area contributed by atoms with Crippen molar-refractivity contribution in [2.24, 2.45) is 10.7 Å². The Morgan fingerprint density at radius 2 is 2.26 bits per heavy atom. The maximum absolute atomic E-state index is 11.3. The summed E-state index contributed by atoms with van der Waals surface area (Å²) >= 11 is 0. The number of hydrogen-bond donors (Lipinski definition) is 2. The minimum absolute atomic E-state index is 0.271. The predicted molar refractivity (Wildman–Crippen MR) is 75.7 cm³/mol. The fourth-order valence-electron chi connectivity index (χ4n) is 1.53. The number of benzene rings is 1. The number of esters is 1. The van der Waals surface area contributed by atoms with E-state index < -0.39 is 5.97 Å². The van der Waals surface area contributed by atoms with Crippen LogP contribution in [0.2, 0.25) is 0 Å². The quantitative estimate of drug-likeness (QED) is 0.360. The molecule has 0 aromatic heterocycles. The number of amidine groups is 1. The third-order valence-corrected chi connectivity index (χ3v) is 2.49. The first-order valence-electron chi connectivity index (χ1n) is 5.90. The minimum atomic E-state index is -0.476. The molecule has 102 valence electrons. The number of hydrogen-bond acceptors (Lipinski definition) is 4. The van der Waals surface area contributed by atoms with Gasteiger partial charge in [0.05, 0.1) is 13.7 Å². The van der Waals surface area contributed by atoms with Gasteiger partial charge in [-0.05, 0) is 12.5 Å². The lowest BCUT2D eigenvalue weighted by molar-refractivity contribution is -0.136. The van der Waals surface area contributed by atoms with Gasteiger partial charge in [-0.3, -0.25) is 4.99 Å². The van der Waals surface area contributed by atoms with Gasteiger partial charge in [0.1, 0.15) is 11.5 Å². The lowest BCUT2D eigenvalue weighted by Gasteiger charge is -2.04. The van der Waals surface area contributed by atoms with Crippen LogP contribution < -0.4 is 11.1 Å². The summed E-state index contributed by atoms with van der Waals surface area (Å²) in [6.07, 6.45) is 1.46. The standard InChI is InChI=1S/C14H19N3O2/c1-10-5-4-6-11(7-10)9-17-13(15)8-12(16-2)14(18)19-3/h4-8,16H,9H2,1-3H3,(H2,15,17)/b12-8-. The van der Waals surface area contributed by atoms with Crippen LogP contribution in [0.15, 0.2) is 41.0 Å². The van der Waals surface area contributed by atoms with Gasteiger partial charge in [-0.2, -0.15) is 0 Å². The second kappa shape index (κ2) is 7.20. The van der Waals surface area contributed by atoms with E-state index in [4.69, 9.17) is 5.73 Å². The van der Waals surface area contributed by atoms with Crippen molar-refractivity contribution in [3.63, 3.8) is 0 Å². The van der Waals surface area contributed by atoms with Crippen molar-refractivity contribution in [1.82, 2.24) is 5.32 Å². The van der Waals surface area contributed by atoms with Gasteiger partial charge in [0.15, 0.2) is 0 Å². The van der Waals surface area contributed by atoms with E-state index in [-0.39, 0.29) is 11.5 Å². The molecule has 0 unspecified atom stereocenters. The van der Waals surface area contributed by atoms with Crippen LogP contribution in [0.3, 0.4) is 0 Å². The number of ether oxygens (including phenoxy) is 1. The van der Waals surface area contributed by atoms with E-state index in [2.05, 4.69) is 15.0 Å². The third kappa shape index (κ3) is 4.83. The molecule has 3 N–H and O–H groups in total. The van der Waals surface area contributed by atoms with Gasteiger partial charge in [-0.15, -0.1) is 0 Å². The topological polar surface area (TPSA) is 76.7 Å². The number of carbonyl (C=O) groups is 1. The van der Waals surface area contributed by atoms with E-state index in [0.717, 1.165) is 5.56 Å². The molecule has 0 atom stereocenters. The summed E-state index contributed by atoms with van der Waals surface area (Å²) in [7, 11) is 2.93. The van der Waals surface area contributed by atoms with Crippen LogP contribution in [-0.4, -0.2) is 26.0 Å². The second-order valence-corrected chi connectivity index (χ2v) is 4.03. The fourth-order valence-corrected chi connectivity index (χ4v) is 1.53. The Kier molecular flexibility index (Phi) is 5.60. The average molecular weight is 261 g/mol. The van der Waals surface area contributed by atoms with Crippen molar-refractivity contribution < 1.29 is 9.53 Å². The molecule has 0 amide bonds. The molecule has 0 fully saturated rings. The van der Waals surface area contributed by atoms with Gasteiger partial charge in [-0.25, -0.2) is 4.79 Å². The lowest BCUT2D eigenvalue weighted by atomic mass is 10.1. The number of aryl methyl sites for hydroxylation is 1. The van der Waals surface area contributed by atoms with E-state index in [1.807, 2.05) is 31.2 Å². The first-order chi connectivity index (χ1) is 9.06.